The molecular weight excluding hydrogens is 484 g/mol. The molecule has 12 heteroatoms. The first-order valence-electron chi connectivity index (χ1n) is 11.6. The molecule has 0 radical (unpaired) electrons. The van der Waals surface area contributed by atoms with Crippen LogP contribution in [0.25, 0.3) is 22.4 Å². The summed E-state index contributed by atoms with van der Waals surface area (Å²) < 4.78 is 38.3. The van der Waals surface area contributed by atoms with Gasteiger partial charge in [-0.1, -0.05) is 0 Å². The molecule has 1 saturated heterocycles. The minimum absolute atomic E-state index is 0.0203. The van der Waals surface area contributed by atoms with Gasteiger partial charge in [-0.15, -0.1) is 0 Å². The average Bonchev–Trinajstić information content (AvgIpc) is 2.93. The van der Waals surface area contributed by atoms with E-state index in [0.29, 0.717) is 60.1 Å². The number of nitrogens with one attached hydrogen (secondary N) is 1. The number of hydrogen-bond acceptors (Lipinski definition) is 9. The molecule has 0 unspecified atom stereocenters. The van der Waals surface area contributed by atoms with E-state index in [9.17, 15) is 13.6 Å². The standard InChI is InChI=1S/C25H23F2N7O3/c1-28-25(35)18-10-17-19(12-30-18)32-23(20-11-29-13-22(31-20)36-2)24(33-17)34-7-5-15(6-8-34)37-21-4-3-14(26)9-16(21)27/h3-4,9-13,15H,5-8H2,1-2H3,(H,28,35). The third-order valence-electron chi connectivity index (χ3n) is 5.99. The molecule has 37 heavy (non-hydrogen) atoms. The minimum atomic E-state index is -0.734. The summed E-state index contributed by atoms with van der Waals surface area (Å²) in [6.07, 6.45) is 5.44. The van der Waals surface area contributed by atoms with Gasteiger partial charge in [0.05, 0.1) is 31.2 Å². The van der Waals surface area contributed by atoms with Crippen LogP contribution in [0.5, 0.6) is 11.6 Å². The largest absolute Gasteiger partial charge is 0.487 e. The molecule has 1 aliphatic heterocycles. The fourth-order valence-electron chi connectivity index (χ4n) is 4.09. The highest BCUT2D eigenvalue weighted by atomic mass is 19.1. The summed E-state index contributed by atoms with van der Waals surface area (Å²) in [5.74, 6) is -0.826. The van der Waals surface area contributed by atoms with Crippen molar-refractivity contribution in [1.29, 1.82) is 0 Å². The molecule has 0 aliphatic carbocycles. The van der Waals surface area contributed by atoms with Crippen molar-refractivity contribution in [2.24, 2.45) is 0 Å². The number of piperidine rings is 1. The zero-order valence-electron chi connectivity index (χ0n) is 20.1. The van der Waals surface area contributed by atoms with Gasteiger partial charge in [-0.2, -0.15) is 0 Å². The second-order valence-corrected chi connectivity index (χ2v) is 8.36. The van der Waals surface area contributed by atoms with Crippen LogP contribution in [0.2, 0.25) is 0 Å². The Morgan fingerprint density at radius 2 is 1.86 bits per heavy atom. The van der Waals surface area contributed by atoms with Gasteiger partial charge in [0.25, 0.3) is 5.91 Å². The number of hydrogen-bond donors (Lipinski definition) is 1. The molecule has 1 aromatic carbocycles. The summed E-state index contributed by atoms with van der Waals surface area (Å²) in [4.78, 5) is 36.6. The summed E-state index contributed by atoms with van der Waals surface area (Å²) in [6.45, 7) is 1.07. The van der Waals surface area contributed by atoms with Gasteiger partial charge >= 0.3 is 0 Å². The van der Waals surface area contributed by atoms with E-state index in [0.717, 1.165) is 6.07 Å². The maximum Gasteiger partial charge on any atom is 0.269 e. The first-order chi connectivity index (χ1) is 17.9. The Bertz CT molecular complexity index is 1460. The van der Waals surface area contributed by atoms with E-state index >= 15 is 0 Å². The molecule has 4 heterocycles. The van der Waals surface area contributed by atoms with Crippen LogP contribution in [-0.2, 0) is 0 Å². The normalized spacial score (nSPS) is 14.0. The van der Waals surface area contributed by atoms with Crippen LogP contribution in [0.4, 0.5) is 14.6 Å². The van der Waals surface area contributed by atoms with Crippen molar-refractivity contribution in [2.45, 2.75) is 18.9 Å². The number of rotatable bonds is 6. The Hall–Kier alpha value is -4.48. The number of ether oxygens (including phenoxy) is 2. The lowest BCUT2D eigenvalue weighted by Gasteiger charge is -2.33. The van der Waals surface area contributed by atoms with Gasteiger partial charge in [-0.3, -0.25) is 9.78 Å². The zero-order valence-corrected chi connectivity index (χ0v) is 20.1. The summed E-state index contributed by atoms with van der Waals surface area (Å²) >= 11 is 0. The lowest BCUT2D eigenvalue weighted by atomic mass is 10.1. The first kappa shape index (κ1) is 24.2. The number of benzene rings is 1. The summed E-state index contributed by atoms with van der Waals surface area (Å²) in [5.41, 5.74) is 2.15. The van der Waals surface area contributed by atoms with Crippen molar-refractivity contribution in [3.8, 4) is 23.0 Å². The molecule has 4 aromatic rings. The van der Waals surface area contributed by atoms with Crippen LogP contribution in [0, 0.1) is 11.6 Å². The van der Waals surface area contributed by atoms with Crippen LogP contribution in [0.3, 0.4) is 0 Å². The van der Waals surface area contributed by atoms with Crippen molar-refractivity contribution in [1.82, 2.24) is 30.2 Å². The Labute approximate surface area is 210 Å². The Morgan fingerprint density at radius 1 is 1.05 bits per heavy atom. The molecule has 1 fully saturated rings. The second-order valence-electron chi connectivity index (χ2n) is 8.36. The van der Waals surface area contributed by atoms with Gasteiger partial charge in [0, 0.05) is 39.0 Å². The summed E-state index contributed by atoms with van der Waals surface area (Å²) in [6, 6.07) is 4.85. The molecule has 1 N–H and O–H groups in total. The van der Waals surface area contributed by atoms with E-state index in [1.165, 1.54) is 38.7 Å². The molecule has 190 valence electrons. The molecule has 1 amide bonds. The van der Waals surface area contributed by atoms with Crippen molar-refractivity contribution in [3.05, 3.63) is 60.2 Å². The van der Waals surface area contributed by atoms with Crippen LogP contribution in [0.15, 0.2) is 42.9 Å². The minimum Gasteiger partial charge on any atom is -0.487 e. The zero-order chi connectivity index (χ0) is 25.9. The quantitative estimate of drug-likeness (QED) is 0.420. The van der Waals surface area contributed by atoms with Crippen LogP contribution in [0.1, 0.15) is 23.3 Å². The number of anilines is 1. The maximum absolute atomic E-state index is 14.1. The van der Waals surface area contributed by atoms with Crippen molar-refractivity contribution < 1.29 is 23.0 Å². The average molecular weight is 508 g/mol. The maximum atomic E-state index is 14.1. The van der Waals surface area contributed by atoms with Crippen molar-refractivity contribution >= 4 is 22.8 Å². The second kappa shape index (κ2) is 10.2. The van der Waals surface area contributed by atoms with Crippen LogP contribution in [-0.4, -0.2) is 64.2 Å². The Morgan fingerprint density at radius 3 is 2.59 bits per heavy atom. The van der Waals surface area contributed by atoms with Crippen molar-refractivity contribution in [3.63, 3.8) is 0 Å². The van der Waals surface area contributed by atoms with Crippen LogP contribution < -0.4 is 19.7 Å². The van der Waals surface area contributed by atoms with Gasteiger partial charge in [-0.05, 0) is 18.2 Å². The van der Waals surface area contributed by atoms with E-state index in [1.54, 1.807) is 12.3 Å². The number of halogens is 2. The molecule has 1 aliphatic rings. The molecule has 0 atom stereocenters. The smallest absolute Gasteiger partial charge is 0.269 e. The van der Waals surface area contributed by atoms with E-state index < -0.39 is 11.6 Å². The molecule has 10 nitrogen and oxygen atoms in total. The number of methoxy groups -OCH3 is 1. The first-order valence-corrected chi connectivity index (χ1v) is 11.6. The number of fused-ring (bicyclic) bond motifs is 1. The van der Waals surface area contributed by atoms with Gasteiger partial charge in [0.2, 0.25) is 5.88 Å². The molecule has 0 spiro atoms. The monoisotopic (exact) mass is 507 g/mol. The van der Waals surface area contributed by atoms with E-state index in [2.05, 4.69) is 20.3 Å². The highest BCUT2D eigenvalue weighted by Gasteiger charge is 2.26. The topological polar surface area (TPSA) is 115 Å². The number of amides is 1. The number of carbonyl (C=O) groups excluding carboxylic acids is 1. The third kappa shape index (κ3) is 5.08. The van der Waals surface area contributed by atoms with Crippen molar-refractivity contribution in [2.75, 3.05) is 32.1 Å². The van der Waals surface area contributed by atoms with E-state index in [4.69, 9.17) is 19.4 Å². The fraction of sp³-hybridized carbons (Fsp3) is 0.280. The SMILES string of the molecule is CNC(=O)c1cc2nc(N3CCC(Oc4ccc(F)cc4F)CC3)c(-c3cncc(OC)n3)nc2cn1. The third-order valence-corrected chi connectivity index (χ3v) is 5.99. The molecule has 0 bridgehead atoms. The van der Waals surface area contributed by atoms with E-state index in [1.807, 2.05) is 4.90 Å². The van der Waals surface area contributed by atoms with Gasteiger partial charge in [0.1, 0.15) is 34.5 Å². The molecular formula is C25H23F2N7O3. The molecule has 3 aromatic heterocycles. The fourth-order valence-corrected chi connectivity index (χ4v) is 4.09. The number of aromatic nitrogens is 5. The highest BCUT2D eigenvalue weighted by molar-refractivity contribution is 5.95. The Balaban J connectivity index is 1.47. The van der Waals surface area contributed by atoms with Crippen LogP contribution >= 0.6 is 0 Å². The van der Waals surface area contributed by atoms with Gasteiger partial charge < -0.3 is 19.7 Å². The van der Waals surface area contributed by atoms with Gasteiger partial charge in [0.15, 0.2) is 17.4 Å². The lowest BCUT2D eigenvalue weighted by Crippen LogP contribution is -2.39. The number of nitrogens with zero attached hydrogens (tertiary/aromatic N) is 6. The highest BCUT2D eigenvalue weighted by Crippen LogP contribution is 2.32. The Kier molecular flexibility index (Phi) is 6.71. The number of pyridine rings is 1. The molecule has 0 saturated carbocycles. The summed E-state index contributed by atoms with van der Waals surface area (Å²) in [5, 5.41) is 2.55. The lowest BCUT2D eigenvalue weighted by molar-refractivity contribution is 0.0958. The predicted octanol–water partition coefficient (Wildman–Crippen LogP) is 3.18. The number of carbonyl (C=O) groups is 1. The van der Waals surface area contributed by atoms with E-state index in [-0.39, 0.29) is 23.5 Å². The summed E-state index contributed by atoms with van der Waals surface area (Å²) in [7, 11) is 3.03. The predicted molar refractivity (Wildman–Crippen MR) is 131 cm³/mol. The molecule has 5 rings (SSSR count). The van der Waals surface area contributed by atoms with Gasteiger partial charge in [-0.25, -0.2) is 28.7 Å².